The lowest BCUT2D eigenvalue weighted by Crippen LogP contribution is -2.10. The van der Waals surface area contributed by atoms with Gasteiger partial charge < -0.3 is 5.11 Å². The second-order valence-corrected chi connectivity index (χ2v) is 5.57. The summed E-state index contributed by atoms with van der Waals surface area (Å²) < 4.78 is 0. The van der Waals surface area contributed by atoms with Crippen LogP contribution in [-0.4, -0.2) is 45.7 Å². The maximum atomic E-state index is 8.57. The molecule has 0 heterocycles. The molecule has 5 heteroatoms. The molecule has 0 bridgehead atoms. The molecule has 1 N–H and O–H groups in total. The lowest BCUT2D eigenvalue weighted by atomic mass is 10.5. The van der Waals surface area contributed by atoms with Gasteiger partial charge in [-0.25, -0.2) is 0 Å². The molecule has 0 saturated carbocycles. The molecule has 0 spiro atoms. The summed E-state index contributed by atoms with van der Waals surface area (Å²) in [4.78, 5) is 0. The van der Waals surface area contributed by atoms with Gasteiger partial charge in [-0.2, -0.15) is 48.8 Å². The monoisotopic (exact) mass is 244 g/mol. The van der Waals surface area contributed by atoms with Gasteiger partial charge in [-0.1, -0.05) is 0 Å². The Hall–Kier alpha value is 1.36. The van der Waals surface area contributed by atoms with E-state index in [2.05, 4.69) is 25.3 Å². The molecule has 1 unspecified atom stereocenters. The van der Waals surface area contributed by atoms with Crippen LogP contribution in [0.5, 0.6) is 0 Å². The van der Waals surface area contributed by atoms with Crippen molar-refractivity contribution in [3.63, 3.8) is 0 Å². The predicted molar refractivity (Wildman–Crippen MR) is 68.4 cm³/mol. The van der Waals surface area contributed by atoms with Crippen molar-refractivity contribution in [3.05, 3.63) is 0 Å². The quantitative estimate of drug-likeness (QED) is 0.446. The van der Waals surface area contributed by atoms with E-state index in [9.17, 15) is 0 Å². The molecule has 0 aromatic heterocycles. The molecule has 0 radical (unpaired) electrons. The van der Waals surface area contributed by atoms with Crippen molar-refractivity contribution < 1.29 is 5.11 Å². The third-order valence-electron chi connectivity index (χ3n) is 1.19. The van der Waals surface area contributed by atoms with Crippen LogP contribution in [0.1, 0.15) is 0 Å². The third-order valence-corrected chi connectivity index (χ3v) is 4.97. The highest BCUT2D eigenvalue weighted by Gasteiger charge is 2.05. The number of hydrogen-bond donors (Lipinski definition) is 3. The van der Waals surface area contributed by atoms with Crippen LogP contribution in [0.15, 0.2) is 0 Å². The van der Waals surface area contributed by atoms with Crippen LogP contribution in [0.25, 0.3) is 0 Å². The molecule has 0 amide bonds. The summed E-state index contributed by atoms with van der Waals surface area (Å²) in [5.74, 6) is 4.86. The van der Waals surface area contributed by atoms with Crippen LogP contribution < -0.4 is 0 Å². The summed E-state index contributed by atoms with van der Waals surface area (Å²) in [5.41, 5.74) is 0. The van der Waals surface area contributed by atoms with Crippen molar-refractivity contribution in [2.45, 2.75) is 5.25 Å². The highest BCUT2D eigenvalue weighted by atomic mass is 32.2. The van der Waals surface area contributed by atoms with Crippen LogP contribution in [0.4, 0.5) is 0 Å². The summed E-state index contributed by atoms with van der Waals surface area (Å²) in [6.45, 7) is 0.279. The molecule has 0 rings (SSSR count). The van der Waals surface area contributed by atoms with Crippen LogP contribution in [0.3, 0.4) is 0 Å². The van der Waals surface area contributed by atoms with Crippen LogP contribution in [-0.2, 0) is 0 Å². The minimum atomic E-state index is 0.279. The molecule has 0 aromatic carbocycles. The summed E-state index contributed by atoms with van der Waals surface area (Å²) in [6.07, 6.45) is 0. The van der Waals surface area contributed by atoms with E-state index in [0.717, 1.165) is 28.8 Å². The molecule has 0 aliphatic carbocycles. The molecule has 1 nitrogen and oxygen atoms in total. The van der Waals surface area contributed by atoms with E-state index in [4.69, 9.17) is 5.11 Å². The summed E-state index contributed by atoms with van der Waals surface area (Å²) in [6, 6.07) is 0. The van der Waals surface area contributed by atoms with Crippen LogP contribution >= 0.6 is 48.8 Å². The molecule has 0 saturated heterocycles. The fraction of sp³-hybridized carbons (Fsp3) is 1.00. The van der Waals surface area contributed by atoms with Gasteiger partial charge in [0, 0.05) is 28.3 Å². The van der Waals surface area contributed by atoms with Gasteiger partial charge in [0.05, 0.1) is 6.61 Å². The van der Waals surface area contributed by atoms with Crippen molar-refractivity contribution in [1.29, 1.82) is 0 Å². The molecular weight excluding hydrogens is 228 g/mol. The van der Waals surface area contributed by atoms with E-state index in [0.29, 0.717) is 5.25 Å². The van der Waals surface area contributed by atoms with Gasteiger partial charge >= 0.3 is 0 Å². The maximum Gasteiger partial charge on any atom is 0.0521 e. The molecule has 0 aromatic rings. The topological polar surface area (TPSA) is 20.2 Å². The number of thioether (sulfide) groups is 2. The second kappa shape index (κ2) is 10.4. The van der Waals surface area contributed by atoms with E-state index in [1.54, 1.807) is 11.8 Å². The smallest absolute Gasteiger partial charge is 0.0521 e. The predicted octanol–water partition coefficient (Wildman–Crippen LogP) is 1.67. The number of aliphatic hydroxyl groups is 1. The first-order valence-corrected chi connectivity index (χ1v) is 7.34. The molecule has 0 fully saturated rings. The first kappa shape index (κ1) is 13.4. The lowest BCUT2D eigenvalue weighted by Gasteiger charge is -2.12. The maximum absolute atomic E-state index is 8.57. The van der Waals surface area contributed by atoms with Gasteiger partial charge in [-0.05, 0) is 5.75 Å². The van der Waals surface area contributed by atoms with Gasteiger partial charge in [0.15, 0.2) is 0 Å². The van der Waals surface area contributed by atoms with E-state index in [1.165, 1.54) is 0 Å². The standard InChI is InChI=1S/C7H16OS4/c8-1-3-11-6-7(5-10)12-4-2-9/h7-10H,1-6H2. The average Bonchev–Trinajstić information content (AvgIpc) is 2.11. The van der Waals surface area contributed by atoms with E-state index >= 15 is 0 Å². The zero-order valence-corrected chi connectivity index (χ0v) is 10.4. The molecular formula is C7H16OS4. The molecule has 74 valence electrons. The van der Waals surface area contributed by atoms with Crippen molar-refractivity contribution in [3.8, 4) is 0 Å². The van der Waals surface area contributed by atoms with Gasteiger partial charge in [0.2, 0.25) is 0 Å². The minimum absolute atomic E-state index is 0.279. The minimum Gasteiger partial charge on any atom is -0.396 e. The Morgan fingerprint density at radius 2 is 2.00 bits per heavy atom. The number of aliphatic hydroxyl groups excluding tert-OH is 1. The number of thiol groups is 2. The normalized spacial score (nSPS) is 13.2. The zero-order valence-electron chi connectivity index (χ0n) is 6.98. The Balaban J connectivity index is 3.26. The summed E-state index contributed by atoms with van der Waals surface area (Å²) >= 11 is 12.1. The lowest BCUT2D eigenvalue weighted by molar-refractivity contribution is 0.322. The van der Waals surface area contributed by atoms with Crippen molar-refractivity contribution in [2.24, 2.45) is 0 Å². The van der Waals surface area contributed by atoms with Crippen molar-refractivity contribution in [1.82, 2.24) is 0 Å². The van der Waals surface area contributed by atoms with E-state index in [-0.39, 0.29) is 6.61 Å². The molecule has 0 aliphatic heterocycles. The van der Waals surface area contributed by atoms with Gasteiger partial charge in [-0.3, -0.25) is 0 Å². The van der Waals surface area contributed by atoms with Crippen molar-refractivity contribution in [2.75, 3.05) is 35.4 Å². The zero-order chi connectivity index (χ0) is 9.23. The van der Waals surface area contributed by atoms with Gasteiger partial charge in [0.25, 0.3) is 0 Å². The fourth-order valence-corrected chi connectivity index (χ4v) is 3.48. The number of hydrogen-bond acceptors (Lipinski definition) is 5. The Morgan fingerprint density at radius 1 is 1.25 bits per heavy atom. The largest absolute Gasteiger partial charge is 0.396 e. The van der Waals surface area contributed by atoms with E-state index in [1.807, 2.05) is 11.8 Å². The Bertz CT molecular complexity index is 91.5. The Labute approximate surface area is 94.3 Å². The van der Waals surface area contributed by atoms with Gasteiger partial charge in [0.1, 0.15) is 0 Å². The number of rotatable bonds is 8. The highest BCUT2D eigenvalue weighted by Crippen LogP contribution is 2.17. The van der Waals surface area contributed by atoms with E-state index < -0.39 is 0 Å². The van der Waals surface area contributed by atoms with Crippen molar-refractivity contribution >= 4 is 48.8 Å². The third kappa shape index (κ3) is 7.98. The highest BCUT2D eigenvalue weighted by molar-refractivity contribution is 8.04. The SMILES string of the molecule is OCCSCC(CS)SCCS. The first-order valence-electron chi connectivity index (χ1n) is 3.87. The van der Waals surface area contributed by atoms with Crippen LogP contribution in [0, 0.1) is 0 Å². The summed E-state index contributed by atoms with van der Waals surface area (Å²) in [7, 11) is 0. The fourth-order valence-electron chi connectivity index (χ4n) is 0.652. The second-order valence-electron chi connectivity index (χ2n) is 2.20. The average molecular weight is 244 g/mol. The van der Waals surface area contributed by atoms with Crippen LogP contribution in [0.2, 0.25) is 0 Å². The summed E-state index contributed by atoms with van der Waals surface area (Å²) in [5, 5.41) is 9.18. The first-order chi connectivity index (χ1) is 5.85. The Kier molecular flexibility index (Phi) is 11.6. The molecule has 0 aliphatic rings. The molecule has 12 heavy (non-hydrogen) atoms. The molecule has 1 atom stereocenters. The van der Waals surface area contributed by atoms with Gasteiger partial charge in [-0.15, -0.1) is 0 Å². The Morgan fingerprint density at radius 3 is 2.50 bits per heavy atom.